The number of aliphatic hydroxyl groups is 1. The maximum atomic E-state index is 12.1. The van der Waals surface area contributed by atoms with E-state index in [-0.39, 0.29) is 12.5 Å². The molecule has 3 heterocycles. The van der Waals surface area contributed by atoms with E-state index in [1.165, 1.54) is 5.56 Å². The Bertz CT molecular complexity index is 516. The van der Waals surface area contributed by atoms with E-state index in [9.17, 15) is 4.79 Å². The number of carbonyl (C=O) groups excluding carboxylic acids is 1. The van der Waals surface area contributed by atoms with Gasteiger partial charge in [-0.1, -0.05) is 0 Å². The second kappa shape index (κ2) is 6.79. The van der Waals surface area contributed by atoms with Crippen LogP contribution in [0.5, 0.6) is 0 Å². The molecule has 6 nitrogen and oxygen atoms in total. The molecule has 2 unspecified atom stereocenters. The Balaban J connectivity index is 1.60. The lowest BCUT2D eigenvalue weighted by atomic mass is 9.83. The van der Waals surface area contributed by atoms with Gasteiger partial charge in [0, 0.05) is 64.1 Å². The van der Waals surface area contributed by atoms with E-state index in [1.807, 2.05) is 22.8 Å². The molecule has 6 heteroatoms. The van der Waals surface area contributed by atoms with Gasteiger partial charge >= 0.3 is 0 Å². The van der Waals surface area contributed by atoms with Crippen molar-refractivity contribution >= 4 is 5.91 Å². The second-order valence-electron chi connectivity index (χ2n) is 6.58. The van der Waals surface area contributed by atoms with Gasteiger partial charge in [0.2, 0.25) is 5.91 Å². The highest BCUT2D eigenvalue weighted by Gasteiger charge is 2.38. The standard InChI is InChI=1S/C16H26N4O2/c1-18-10-13(9-17-18)11-19-7-5-15-14(12-19)3-4-16(22)20(15)6-2-8-21/h9-10,14-15,21H,2-8,11-12H2,1H3. The first-order valence-electron chi connectivity index (χ1n) is 8.27. The quantitative estimate of drug-likeness (QED) is 0.866. The second-order valence-corrected chi connectivity index (χ2v) is 6.58. The Labute approximate surface area is 131 Å². The van der Waals surface area contributed by atoms with Crippen LogP contribution in [0.25, 0.3) is 0 Å². The number of hydrogen-bond acceptors (Lipinski definition) is 4. The van der Waals surface area contributed by atoms with E-state index in [0.29, 0.717) is 31.3 Å². The third kappa shape index (κ3) is 3.33. The number of piperidine rings is 2. The Morgan fingerprint density at radius 2 is 2.27 bits per heavy atom. The van der Waals surface area contributed by atoms with Crippen molar-refractivity contribution < 1.29 is 9.90 Å². The number of aromatic nitrogens is 2. The van der Waals surface area contributed by atoms with Gasteiger partial charge in [-0.2, -0.15) is 5.10 Å². The topological polar surface area (TPSA) is 61.6 Å². The molecule has 2 aliphatic heterocycles. The molecule has 0 aromatic carbocycles. The lowest BCUT2D eigenvalue weighted by Crippen LogP contribution is -2.56. The van der Waals surface area contributed by atoms with E-state index in [1.54, 1.807) is 0 Å². The van der Waals surface area contributed by atoms with Crippen molar-refractivity contribution in [3.8, 4) is 0 Å². The van der Waals surface area contributed by atoms with Crippen molar-refractivity contribution in [1.82, 2.24) is 19.6 Å². The van der Waals surface area contributed by atoms with E-state index in [4.69, 9.17) is 5.11 Å². The summed E-state index contributed by atoms with van der Waals surface area (Å²) in [7, 11) is 1.95. The molecule has 3 rings (SSSR count). The number of rotatable bonds is 5. The number of hydrogen-bond donors (Lipinski definition) is 1. The zero-order chi connectivity index (χ0) is 15.5. The van der Waals surface area contributed by atoms with Crippen LogP contribution < -0.4 is 0 Å². The lowest BCUT2D eigenvalue weighted by Gasteiger charge is -2.47. The predicted octanol–water partition coefficient (Wildman–Crippen LogP) is 0.615. The van der Waals surface area contributed by atoms with E-state index in [2.05, 4.69) is 16.2 Å². The Morgan fingerprint density at radius 3 is 3.00 bits per heavy atom. The molecule has 2 atom stereocenters. The van der Waals surface area contributed by atoms with E-state index >= 15 is 0 Å². The van der Waals surface area contributed by atoms with Gasteiger partial charge in [-0.05, 0) is 25.2 Å². The number of fused-ring (bicyclic) bond motifs is 1. The maximum Gasteiger partial charge on any atom is 0.222 e. The van der Waals surface area contributed by atoms with Crippen molar-refractivity contribution in [2.45, 2.75) is 38.3 Å². The highest BCUT2D eigenvalue weighted by molar-refractivity contribution is 5.77. The lowest BCUT2D eigenvalue weighted by molar-refractivity contribution is -0.141. The molecular formula is C16H26N4O2. The number of carbonyl (C=O) groups is 1. The van der Waals surface area contributed by atoms with Gasteiger partial charge in [0.1, 0.15) is 0 Å². The fraction of sp³-hybridized carbons (Fsp3) is 0.750. The third-order valence-corrected chi connectivity index (χ3v) is 4.95. The van der Waals surface area contributed by atoms with Crippen molar-refractivity contribution in [3.05, 3.63) is 18.0 Å². The highest BCUT2D eigenvalue weighted by atomic mass is 16.3. The summed E-state index contributed by atoms with van der Waals surface area (Å²) in [6, 6.07) is 0.373. The minimum Gasteiger partial charge on any atom is -0.396 e. The minimum absolute atomic E-state index is 0.161. The van der Waals surface area contributed by atoms with Crippen molar-refractivity contribution in [3.63, 3.8) is 0 Å². The Kier molecular flexibility index (Phi) is 4.78. The average molecular weight is 306 g/mol. The van der Waals surface area contributed by atoms with Crippen molar-refractivity contribution in [2.24, 2.45) is 13.0 Å². The van der Waals surface area contributed by atoms with E-state index < -0.39 is 0 Å². The SMILES string of the molecule is Cn1cc(CN2CCC3C(CCC(=O)N3CCCO)C2)cn1. The van der Waals surface area contributed by atoms with Crippen LogP contribution in [-0.4, -0.2) is 62.9 Å². The summed E-state index contributed by atoms with van der Waals surface area (Å²) < 4.78 is 1.85. The molecule has 1 N–H and O–H groups in total. The molecule has 2 saturated heterocycles. The van der Waals surface area contributed by atoms with Crippen LogP contribution in [0.4, 0.5) is 0 Å². The molecule has 22 heavy (non-hydrogen) atoms. The summed E-state index contributed by atoms with van der Waals surface area (Å²) in [6.45, 7) is 3.90. The molecule has 0 aliphatic carbocycles. The third-order valence-electron chi connectivity index (χ3n) is 4.95. The molecule has 1 amide bonds. The van der Waals surface area contributed by atoms with Crippen LogP contribution in [0.2, 0.25) is 0 Å². The first kappa shape index (κ1) is 15.5. The molecule has 2 aliphatic rings. The summed E-state index contributed by atoms with van der Waals surface area (Å²) in [5, 5.41) is 13.3. The summed E-state index contributed by atoms with van der Waals surface area (Å²) in [4.78, 5) is 16.7. The number of likely N-dealkylation sites (tertiary alicyclic amines) is 2. The maximum absolute atomic E-state index is 12.1. The monoisotopic (exact) mass is 306 g/mol. The van der Waals surface area contributed by atoms with Crippen LogP contribution in [0.3, 0.4) is 0 Å². The van der Waals surface area contributed by atoms with Crippen LogP contribution in [0.15, 0.2) is 12.4 Å². The predicted molar refractivity (Wildman–Crippen MR) is 83.0 cm³/mol. The summed E-state index contributed by atoms with van der Waals surface area (Å²) in [5.74, 6) is 0.845. The molecule has 0 radical (unpaired) electrons. The molecule has 0 spiro atoms. The van der Waals surface area contributed by atoms with Crippen molar-refractivity contribution in [1.29, 1.82) is 0 Å². The van der Waals surface area contributed by atoms with Crippen LogP contribution >= 0.6 is 0 Å². The Hall–Kier alpha value is -1.40. The zero-order valence-electron chi connectivity index (χ0n) is 13.3. The fourth-order valence-corrected chi connectivity index (χ4v) is 3.91. The molecule has 1 aromatic heterocycles. The van der Waals surface area contributed by atoms with Crippen LogP contribution in [0, 0.1) is 5.92 Å². The van der Waals surface area contributed by atoms with Crippen LogP contribution in [-0.2, 0) is 18.4 Å². The Morgan fingerprint density at radius 1 is 1.41 bits per heavy atom. The number of aliphatic hydroxyl groups excluding tert-OH is 1. The fourth-order valence-electron chi connectivity index (χ4n) is 3.91. The summed E-state index contributed by atoms with van der Waals surface area (Å²) in [5.41, 5.74) is 1.25. The van der Waals surface area contributed by atoms with Gasteiger partial charge < -0.3 is 10.0 Å². The smallest absolute Gasteiger partial charge is 0.222 e. The average Bonchev–Trinajstić information content (AvgIpc) is 2.91. The first-order chi connectivity index (χ1) is 10.7. The molecule has 1 aromatic rings. The highest BCUT2D eigenvalue weighted by Crippen LogP contribution is 2.31. The van der Waals surface area contributed by atoms with Gasteiger partial charge in [0.15, 0.2) is 0 Å². The van der Waals surface area contributed by atoms with Gasteiger partial charge in [-0.25, -0.2) is 0 Å². The van der Waals surface area contributed by atoms with Gasteiger partial charge in [-0.3, -0.25) is 14.4 Å². The molecule has 0 saturated carbocycles. The first-order valence-corrected chi connectivity index (χ1v) is 8.27. The number of amides is 1. The van der Waals surface area contributed by atoms with Crippen molar-refractivity contribution in [2.75, 3.05) is 26.2 Å². The van der Waals surface area contributed by atoms with Gasteiger partial charge in [0.05, 0.1) is 6.20 Å². The largest absolute Gasteiger partial charge is 0.396 e. The molecular weight excluding hydrogens is 280 g/mol. The van der Waals surface area contributed by atoms with Gasteiger partial charge in [0.25, 0.3) is 0 Å². The zero-order valence-corrected chi connectivity index (χ0v) is 13.3. The summed E-state index contributed by atoms with van der Waals surface area (Å²) in [6.07, 6.45) is 7.40. The normalized spacial score (nSPS) is 26.3. The minimum atomic E-state index is 0.161. The summed E-state index contributed by atoms with van der Waals surface area (Å²) >= 11 is 0. The molecule has 122 valence electrons. The number of nitrogens with zero attached hydrogens (tertiary/aromatic N) is 4. The van der Waals surface area contributed by atoms with E-state index in [0.717, 1.165) is 32.5 Å². The molecule has 2 fully saturated rings. The van der Waals surface area contributed by atoms with Gasteiger partial charge in [-0.15, -0.1) is 0 Å². The molecule has 0 bridgehead atoms. The number of aryl methyl sites for hydroxylation is 1. The van der Waals surface area contributed by atoms with Crippen LogP contribution in [0.1, 0.15) is 31.2 Å².